The number of allylic oxidation sites excluding steroid dienone is 2. The van der Waals surface area contributed by atoms with Crippen LogP contribution >= 0.6 is 11.6 Å². The first-order valence-corrected chi connectivity index (χ1v) is 8.62. The van der Waals surface area contributed by atoms with E-state index in [2.05, 4.69) is 23.0 Å². The van der Waals surface area contributed by atoms with E-state index in [9.17, 15) is 4.39 Å². The summed E-state index contributed by atoms with van der Waals surface area (Å²) in [7, 11) is 0. The second-order valence-corrected chi connectivity index (χ2v) is 6.46. The zero-order valence-electron chi connectivity index (χ0n) is 13.6. The van der Waals surface area contributed by atoms with Crippen LogP contribution in [0.5, 0.6) is 5.88 Å². The fourth-order valence-corrected chi connectivity index (χ4v) is 2.99. The molecule has 2 aromatic rings. The van der Waals surface area contributed by atoms with E-state index in [1.807, 2.05) is 0 Å². The number of benzene rings is 1. The Labute approximate surface area is 146 Å². The van der Waals surface area contributed by atoms with Crippen LogP contribution in [0.1, 0.15) is 44.0 Å². The zero-order valence-corrected chi connectivity index (χ0v) is 14.4. The third-order valence-electron chi connectivity index (χ3n) is 4.40. The van der Waals surface area contributed by atoms with Gasteiger partial charge in [0.25, 0.3) is 0 Å². The Kier molecular flexibility index (Phi) is 5.46. The zero-order chi connectivity index (χ0) is 16.9. The molecule has 1 aromatic carbocycles. The minimum Gasteiger partial charge on any atom is -0.473 e. The van der Waals surface area contributed by atoms with Crippen molar-refractivity contribution in [2.45, 2.75) is 39.2 Å². The number of ether oxygens (including phenoxy) is 1. The van der Waals surface area contributed by atoms with Crippen molar-refractivity contribution in [3.8, 4) is 5.88 Å². The number of rotatable bonds is 5. The molecule has 0 fully saturated rings. The lowest BCUT2D eigenvalue weighted by Gasteiger charge is -2.19. The second-order valence-electron chi connectivity index (χ2n) is 6.02. The summed E-state index contributed by atoms with van der Waals surface area (Å²) in [5.74, 6) is 1.55. The maximum atomic E-state index is 13.8. The van der Waals surface area contributed by atoms with E-state index in [1.165, 1.54) is 24.5 Å². The molecule has 1 atom stereocenters. The molecule has 126 valence electrons. The highest BCUT2D eigenvalue weighted by Gasteiger charge is 2.16. The van der Waals surface area contributed by atoms with Crippen molar-refractivity contribution in [2.24, 2.45) is 5.92 Å². The fourth-order valence-electron chi connectivity index (χ4n) is 2.83. The minimum atomic E-state index is -0.377. The third kappa shape index (κ3) is 4.12. The van der Waals surface area contributed by atoms with Crippen molar-refractivity contribution in [3.05, 3.63) is 58.8 Å². The SMILES string of the molecule is CCC1CC=C(c2nccc(OCc3ccc(Cl)cc3F)n2)CC1. The van der Waals surface area contributed by atoms with Crippen molar-refractivity contribution in [1.29, 1.82) is 0 Å². The lowest BCUT2D eigenvalue weighted by molar-refractivity contribution is 0.287. The molecule has 3 nitrogen and oxygen atoms in total. The number of nitrogens with zero attached hydrogens (tertiary/aromatic N) is 2. The van der Waals surface area contributed by atoms with Gasteiger partial charge < -0.3 is 4.74 Å². The van der Waals surface area contributed by atoms with Crippen molar-refractivity contribution >= 4 is 17.2 Å². The normalized spacial score (nSPS) is 17.5. The molecule has 24 heavy (non-hydrogen) atoms. The van der Waals surface area contributed by atoms with Gasteiger partial charge in [-0.1, -0.05) is 37.1 Å². The molecule has 0 saturated heterocycles. The Bertz CT molecular complexity index is 748. The molecule has 3 rings (SSSR count). The summed E-state index contributed by atoms with van der Waals surface area (Å²) in [6, 6.07) is 6.23. The molecule has 0 N–H and O–H groups in total. The molecular formula is C19H20ClFN2O. The Balaban J connectivity index is 1.68. The summed E-state index contributed by atoms with van der Waals surface area (Å²) in [5, 5.41) is 0.371. The van der Waals surface area contributed by atoms with Gasteiger partial charge >= 0.3 is 0 Å². The van der Waals surface area contributed by atoms with Crippen LogP contribution in [0.4, 0.5) is 4.39 Å². The third-order valence-corrected chi connectivity index (χ3v) is 4.64. The van der Waals surface area contributed by atoms with Crippen molar-refractivity contribution in [3.63, 3.8) is 0 Å². The highest BCUT2D eigenvalue weighted by molar-refractivity contribution is 6.30. The van der Waals surface area contributed by atoms with E-state index in [-0.39, 0.29) is 12.4 Å². The molecule has 0 spiro atoms. The van der Waals surface area contributed by atoms with E-state index in [0.29, 0.717) is 22.3 Å². The van der Waals surface area contributed by atoms with E-state index >= 15 is 0 Å². The smallest absolute Gasteiger partial charge is 0.217 e. The molecule has 1 unspecified atom stereocenters. The standard InChI is InChI=1S/C19H20ClFN2O/c1-2-13-3-5-14(6-4-13)19-22-10-9-18(23-19)24-12-15-7-8-16(20)11-17(15)21/h5,7-11,13H,2-4,6,12H2,1H3. The molecule has 5 heteroatoms. The topological polar surface area (TPSA) is 35.0 Å². The highest BCUT2D eigenvalue weighted by atomic mass is 35.5. The maximum Gasteiger partial charge on any atom is 0.217 e. The number of halogens is 2. The molecule has 1 aromatic heterocycles. The fraction of sp³-hybridized carbons (Fsp3) is 0.368. The molecule has 0 bridgehead atoms. The van der Waals surface area contributed by atoms with Crippen LogP contribution in [0.2, 0.25) is 5.02 Å². The first-order valence-electron chi connectivity index (χ1n) is 8.25. The van der Waals surface area contributed by atoms with Crippen LogP contribution < -0.4 is 4.74 Å². The largest absolute Gasteiger partial charge is 0.473 e. The van der Waals surface area contributed by atoms with Gasteiger partial charge in [0, 0.05) is 22.8 Å². The van der Waals surface area contributed by atoms with E-state index in [1.54, 1.807) is 24.4 Å². The van der Waals surface area contributed by atoms with Gasteiger partial charge in [-0.3, -0.25) is 0 Å². The summed E-state index contributed by atoms with van der Waals surface area (Å²) < 4.78 is 19.4. The van der Waals surface area contributed by atoms with Gasteiger partial charge in [-0.2, -0.15) is 4.98 Å². The van der Waals surface area contributed by atoms with Crippen molar-refractivity contribution in [1.82, 2.24) is 9.97 Å². The van der Waals surface area contributed by atoms with Gasteiger partial charge in [0.15, 0.2) is 5.82 Å². The van der Waals surface area contributed by atoms with Gasteiger partial charge in [-0.15, -0.1) is 0 Å². The second kappa shape index (κ2) is 7.75. The Morgan fingerprint density at radius 3 is 2.92 bits per heavy atom. The number of hydrogen-bond acceptors (Lipinski definition) is 3. The molecule has 0 radical (unpaired) electrons. The predicted molar refractivity (Wildman–Crippen MR) is 93.4 cm³/mol. The summed E-state index contributed by atoms with van der Waals surface area (Å²) in [5.41, 5.74) is 1.62. The van der Waals surface area contributed by atoms with Gasteiger partial charge in [-0.25, -0.2) is 9.37 Å². The average molecular weight is 347 g/mol. The predicted octanol–water partition coefficient (Wildman–Crippen LogP) is 5.44. The van der Waals surface area contributed by atoms with Crippen LogP contribution in [0.15, 0.2) is 36.5 Å². The Morgan fingerprint density at radius 2 is 2.21 bits per heavy atom. The lowest BCUT2D eigenvalue weighted by Crippen LogP contribution is -2.07. The van der Waals surface area contributed by atoms with E-state index in [4.69, 9.17) is 16.3 Å². The molecule has 0 amide bonds. The lowest BCUT2D eigenvalue weighted by atomic mass is 9.88. The van der Waals surface area contributed by atoms with Crippen LogP contribution in [-0.4, -0.2) is 9.97 Å². The maximum absolute atomic E-state index is 13.8. The highest BCUT2D eigenvalue weighted by Crippen LogP contribution is 2.30. The van der Waals surface area contributed by atoms with Crippen molar-refractivity contribution < 1.29 is 9.13 Å². The first kappa shape index (κ1) is 16.9. The van der Waals surface area contributed by atoms with Gasteiger partial charge in [0.05, 0.1) is 0 Å². The summed E-state index contributed by atoms with van der Waals surface area (Å²) in [4.78, 5) is 8.81. The van der Waals surface area contributed by atoms with Gasteiger partial charge in [-0.05, 0) is 42.9 Å². The summed E-state index contributed by atoms with van der Waals surface area (Å²) in [6.07, 6.45) is 8.37. The van der Waals surface area contributed by atoms with Gasteiger partial charge in [0.2, 0.25) is 5.88 Å². The van der Waals surface area contributed by atoms with Crippen LogP contribution in [0.3, 0.4) is 0 Å². The monoisotopic (exact) mass is 346 g/mol. The number of aromatic nitrogens is 2. The summed E-state index contributed by atoms with van der Waals surface area (Å²) in [6.45, 7) is 2.33. The Morgan fingerprint density at radius 1 is 1.33 bits per heavy atom. The van der Waals surface area contributed by atoms with E-state index in [0.717, 1.165) is 18.8 Å². The summed E-state index contributed by atoms with van der Waals surface area (Å²) >= 11 is 5.75. The quantitative estimate of drug-likeness (QED) is 0.722. The van der Waals surface area contributed by atoms with Crippen molar-refractivity contribution in [2.75, 3.05) is 0 Å². The minimum absolute atomic E-state index is 0.108. The van der Waals surface area contributed by atoms with Crippen LogP contribution in [-0.2, 0) is 6.61 Å². The molecule has 1 aliphatic rings. The first-order chi connectivity index (χ1) is 11.7. The molecule has 1 heterocycles. The average Bonchev–Trinajstić information content (AvgIpc) is 2.61. The van der Waals surface area contributed by atoms with Crippen LogP contribution in [0.25, 0.3) is 5.57 Å². The van der Waals surface area contributed by atoms with E-state index < -0.39 is 0 Å². The van der Waals surface area contributed by atoms with Gasteiger partial charge in [0.1, 0.15) is 12.4 Å². The molecule has 0 aliphatic heterocycles. The molecule has 1 aliphatic carbocycles. The molecular weight excluding hydrogens is 327 g/mol. The Hall–Kier alpha value is -1.94. The molecule has 0 saturated carbocycles. The number of hydrogen-bond donors (Lipinski definition) is 0. The van der Waals surface area contributed by atoms with Crippen LogP contribution in [0, 0.1) is 11.7 Å².